The number of ether oxygens (including phenoxy) is 2. The zero-order chi connectivity index (χ0) is 22.6. The van der Waals surface area contributed by atoms with Gasteiger partial charge in [-0.1, -0.05) is 26.8 Å². The van der Waals surface area contributed by atoms with Gasteiger partial charge in [0.05, 0.1) is 42.9 Å². The number of rotatable bonds is 2. The topological polar surface area (TPSA) is 95.6 Å². The van der Waals surface area contributed by atoms with Gasteiger partial charge in [0.15, 0.2) is 16.9 Å². The molecule has 1 N–H and O–H groups in total. The van der Waals surface area contributed by atoms with Crippen molar-refractivity contribution in [1.82, 2.24) is 14.3 Å². The molecule has 3 aromatic rings. The smallest absolute Gasteiger partial charge is 0.341 e. The summed E-state index contributed by atoms with van der Waals surface area (Å²) in [5, 5.41) is 14.3. The van der Waals surface area contributed by atoms with Crippen LogP contribution < -0.4 is 14.9 Å². The molecule has 1 atom stereocenters. The maximum Gasteiger partial charge on any atom is 0.341 e. The summed E-state index contributed by atoms with van der Waals surface area (Å²) in [6.45, 7) is 8.01. The van der Waals surface area contributed by atoms with Gasteiger partial charge in [0.1, 0.15) is 5.56 Å². The Balaban J connectivity index is 1.70. The molecule has 0 saturated heterocycles. The lowest BCUT2D eigenvalue weighted by Crippen LogP contribution is -2.35. The van der Waals surface area contributed by atoms with Crippen LogP contribution in [-0.4, -0.2) is 38.6 Å². The number of hydrogen-bond donors (Lipinski definition) is 1. The highest BCUT2D eigenvalue weighted by molar-refractivity contribution is 5.87. The van der Waals surface area contributed by atoms with Crippen LogP contribution in [0.4, 0.5) is 0 Å². The van der Waals surface area contributed by atoms with Gasteiger partial charge in [-0.25, -0.2) is 4.79 Å². The summed E-state index contributed by atoms with van der Waals surface area (Å²) in [6, 6.07) is 9.00. The highest BCUT2D eigenvalue weighted by atomic mass is 16.5. The quantitative estimate of drug-likeness (QED) is 0.657. The Bertz CT molecular complexity index is 1280. The maximum absolute atomic E-state index is 12.5. The normalized spacial score (nSPS) is 17.3. The van der Waals surface area contributed by atoms with Crippen LogP contribution in [0.15, 0.2) is 41.3 Å². The van der Waals surface area contributed by atoms with E-state index in [1.54, 1.807) is 0 Å². The zero-order valence-corrected chi connectivity index (χ0v) is 18.3. The molecule has 0 saturated carbocycles. The van der Waals surface area contributed by atoms with Crippen LogP contribution in [0.1, 0.15) is 43.6 Å². The number of hydrogen-bond acceptors (Lipinski definition) is 5. The fourth-order valence-electron chi connectivity index (χ4n) is 4.41. The van der Waals surface area contributed by atoms with Gasteiger partial charge in [-0.05, 0) is 23.6 Å². The molecule has 1 aromatic carbocycles. The molecule has 2 aromatic heterocycles. The van der Waals surface area contributed by atoms with E-state index < -0.39 is 11.4 Å². The average Bonchev–Trinajstić information content (AvgIpc) is 3.01. The zero-order valence-electron chi connectivity index (χ0n) is 18.3. The van der Waals surface area contributed by atoms with Crippen LogP contribution in [0.5, 0.6) is 11.5 Å². The third-order valence-corrected chi connectivity index (χ3v) is 6.08. The van der Waals surface area contributed by atoms with E-state index in [0.717, 1.165) is 23.4 Å². The van der Waals surface area contributed by atoms with Gasteiger partial charge in [-0.15, -0.1) is 0 Å². The van der Waals surface area contributed by atoms with Crippen molar-refractivity contribution in [2.45, 2.75) is 39.8 Å². The minimum absolute atomic E-state index is 0.0797. The van der Waals surface area contributed by atoms with Gasteiger partial charge in [0.2, 0.25) is 0 Å². The summed E-state index contributed by atoms with van der Waals surface area (Å²) in [5.41, 5.74) is 2.04. The summed E-state index contributed by atoms with van der Waals surface area (Å²) < 4.78 is 15.6. The average molecular weight is 435 g/mol. The van der Waals surface area contributed by atoms with Crippen molar-refractivity contribution < 1.29 is 19.4 Å². The second-order valence-corrected chi connectivity index (χ2v) is 9.31. The highest BCUT2D eigenvalue weighted by Gasteiger charge is 2.35. The Hall–Kier alpha value is -3.55. The summed E-state index contributed by atoms with van der Waals surface area (Å²) >= 11 is 0. The molecule has 0 fully saturated rings. The lowest BCUT2D eigenvalue weighted by atomic mass is 9.85. The minimum Gasteiger partial charge on any atom is -0.490 e. The van der Waals surface area contributed by atoms with Crippen molar-refractivity contribution >= 4 is 5.97 Å². The van der Waals surface area contributed by atoms with E-state index >= 15 is 0 Å². The number of pyridine rings is 1. The molecular weight excluding hydrogens is 410 g/mol. The first-order chi connectivity index (χ1) is 15.2. The molecule has 0 radical (unpaired) electrons. The number of nitrogens with zero attached hydrogens (tertiary/aromatic N) is 3. The predicted octanol–water partition coefficient (Wildman–Crippen LogP) is 3.84. The first-order valence-corrected chi connectivity index (χ1v) is 10.7. The molecule has 0 spiro atoms. The summed E-state index contributed by atoms with van der Waals surface area (Å²) in [5.74, 6) is 0.148. The lowest BCUT2D eigenvalue weighted by Gasteiger charge is -2.38. The molecule has 0 aliphatic carbocycles. The second kappa shape index (κ2) is 7.25. The monoisotopic (exact) mass is 435 g/mol. The van der Waals surface area contributed by atoms with Crippen molar-refractivity contribution in [2.75, 3.05) is 13.2 Å². The molecule has 8 heteroatoms. The molecule has 5 rings (SSSR count). The molecule has 2 aliphatic rings. The van der Waals surface area contributed by atoms with E-state index in [1.165, 1.54) is 12.3 Å². The van der Waals surface area contributed by atoms with Gasteiger partial charge in [0, 0.05) is 24.2 Å². The first-order valence-electron chi connectivity index (χ1n) is 10.7. The van der Waals surface area contributed by atoms with Crippen molar-refractivity contribution in [3.05, 3.63) is 52.3 Å². The van der Waals surface area contributed by atoms with Gasteiger partial charge in [-0.3, -0.25) is 9.48 Å². The first kappa shape index (κ1) is 20.4. The number of carbonyl (C=O) groups is 1. The Morgan fingerprint density at radius 1 is 1.16 bits per heavy atom. The third-order valence-electron chi connectivity index (χ3n) is 6.08. The maximum atomic E-state index is 12.5. The van der Waals surface area contributed by atoms with E-state index in [0.29, 0.717) is 37.0 Å². The number of carboxylic acid groups (broad SMARTS) is 1. The van der Waals surface area contributed by atoms with Crippen LogP contribution in [0.25, 0.3) is 22.6 Å². The number of para-hydroxylation sites is 1. The number of carboxylic acids is 1. The van der Waals surface area contributed by atoms with E-state index in [-0.39, 0.29) is 17.0 Å². The van der Waals surface area contributed by atoms with Gasteiger partial charge >= 0.3 is 5.97 Å². The van der Waals surface area contributed by atoms with E-state index in [4.69, 9.17) is 14.6 Å². The fourth-order valence-corrected chi connectivity index (χ4v) is 4.41. The number of benzene rings is 1. The van der Waals surface area contributed by atoms with Crippen LogP contribution in [0.2, 0.25) is 0 Å². The van der Waals surface area contributed by atoms with Crippen molar-refractivity contribution in [3.63, 3.8) is 0 Å². The molecule has 0 unspecified atom stereocenters. The largest absolute Gasteiger partial charge is 0.490 e. The van der Waals surface area contributed by atoms with Crippen LogP contribution >= 0.6 is 0 Å². The highest BCUT2D eigenvalue weighted by Crippen LogP contribution is 2.43. The second-order valence-electron chi connectivity index (χ2n) is 9.31. The van der Waals surface area contributed by atoms with E-state index in [1.807, 2.05) is 33.5 Å². The Labute approximate surface area is 185 Å². The number of aromatic carboxylic acids is 1. The SMILES string of the molecule is CC(C)(C)[C@@H]1Cn2nc(-c3cccc4c3OCCCO4)cc2-c2cc(=O)c(C(=O)O)cn21. The van der Waals surface area contributed by atoms with Gasteiger partial charge in [0.25, 0.3) is 0 Å². The molecule has 166 valence electrons. The molecule has 8 nitrogen and oxygen atoms in total. The molecule has 2 aliphatic heterocycles. The van der Waals surface area contributed by atoms with Crippen LogP contribution in [0, 0.1) is 5.41 Å². The van der Waals surface area contributed by atoms with Crippen LogP contribution in [-0.2, 0) is 6.54 Å². The van der Waals surface area contributed by atoms with E-state index in [9.17, 15) is 14.7 Å². The molecular formula is C24H25N3O5. The van der Waals surface area contributed by atoms with Gasteiger partial charge < -0.3 is 19.1 Å². The summed E-state index contributed by atoms with van der Waals surface area (Å²) in [7, 11) is 0. The van der Waals surface area contributed by atoms with Crippen LogP contribution in [0.3, 0.4) is 0 Å². The minimum atomic E-state index is -1.22. The Kier molecular flexibility index (Phi) is 4.62. The summed E-state index contributed by atoms with van der Waals surface area (Å²) in [6.07, 6.45) is 2.28. The fraction of sp³-hybridized carbons (Fsp3) is 0.375. The molecule has 4 heterocycles. The predicted molar refractivity (Wildman–Crippen MR) is 118 cm³/mol. The van der Waals surface area contributed by atoms with Crippen molar-refractivity contribution in [1.29, 1.82) is 0 Å². The van der Waals surface area contributed by atoms with Crippen molar-refractivity contribution in [2.24, 2.45) is 5.41 Å². The standard InChI is InChI=1S/C24H25N3O5/c1-24(2,3)21-13-27-18(17-11-19(28)15(23(29)30)12-26(17)21)10-16(25-27)14-6-4-7-20-22(14)32-9-5-8-31-20/h4,6-7,10-12,21H,5,8-9,13H2,1-3H3,(H,29,30)/t21-/m0/s1. The number of fused-ring (bicyclic) bond motifs is 4. The van der Waals surface area contributed by atoms with Crippen molar-refractivity contribution in [3.8, 4) is 34.1 Å². The third kappa shape index (κ3) is 3.26. The van der Waals surface area contributed by atoms with E-state index in [2.05, 4.69) is 20.8 Å². The molecule has 0 amide bonds. The molecule has 0 bridgehead atoms. The van der Waals surface area contributed by atoms with Gasteiger partial charge in [-0.2, -0.15) is 5.10 Å². The number of aromatic nitrogens is 3. The Morgan fingerprint density at radius 2 is 1.94 bits per heavy atom. The molecule has 32 heavy (non-hydrogen) atoms. The Morgan fingerprint density at radius 3 is 2.69 bits per heavy atom. The lowest BCUT2D eigenvalue weighted by molar-refractivity contribution is 0.0693. The summed E-state index contributed by atoms with van der Waals surface area (Å²) in [4.78, 5) is 24.2.